The van der Waals surface area contributed by atoms with Crippen LogP contribution in [0, 0.1) is 13.8 Å². The van der Waals surface area contributed by atoms with Crippen LogP contribution >= 0.6 is 12.2 Å². The zero-order valence-electron chi connectivity index (χ0n) is 18.0. The summed E-state index contributed by atoms with van der Waals surface area (Å²) in [5, 5.41) is 14.2. The molecule has 6 heteroatoms. The molecule has 2 fully saturated rings. The predicted molar refractivity (Wildman–Crippen MR) is 126 cm³/mol. The number of benzene rings is 1. The first-order chi connectivity index (χ1) is 15.0. The highest BCUT2D eigenvalue weighted by molar-refractivity contribution is 7.80. The van der Waals surface area contributed by atoms with Gasteiger partial charge in [0.2, 0.25) is 0 Å². The molecule has 2 aromatic heterocycles. The number of aryl methyl sites for hydroxylation is 1. The lowest BCUT2D eigenvalue weighted by Gasteiger charge is -2.33. The molecule has 3 heterocycles. The highest BCUT2D eigenvalue weighted by Gasteiger charge is 2.44. The zero-order valence-corrected chi connectivity index (χ0v) is 18.8. The van der Waals surface area contributed by atoms with Crippen molar-refractivity contribution in [2.45, 2.75) is 57.7 Å². The van der Waals surface area contributed by atoms with Crippen molar-refractivity contribution < 1.29 is 5.11 Å². The lowest BCUT2D eigenvalue weighted by atomic mass is 9.95. The normalized spacial score (nSPS) is 21.6. The number of aromatic nitrogens is 2. The van der Waals surface area contributed by atoms with E-state index in [9.17, 15) is 5.11 Å². The summed E-state index contributed by atoms with van der Waals surface area (Å²) in [7, 11) is 0. The first-order valence-electron chi connectivity index (χ1n) is 11.0. The van der Waals surface area contributed by atoms with E-state index in [1.165, 1.54) is 42.6 Å². The number of rotatable bonds is 4. The van der Waals surface area contributed by atoms with E-state index in [4.69, 9.17) is 12.2 Å². The molecule has 0 amide bonds. The fraction of sp³-hybridized carbons (Fsp3) is 0.360. The molecule has 1 saturated heterocycles. The molecule has 0 spiro atoms. The van der Waals surface area contributed by atoms with E-state index >= 15 is 0 Å². The number of phenols is 1. The molecule has 5 rings (SSSR count). The van der Waals surface area contributed by atoms with Gasteiger partial charge in [0, 0.05) is 29.3 Å². The minimum absolute atomic E-state index is 0.0167. The average Bonchev–Trinajstić information content (AvgIpc) is 3.48. The maximum absolute atomic E-state index is 9.72. The lowest BCUT2D eigenvalue weighted by Crippen LogP contribution is -2.37. The van der Waals surface area contributed by atoms with Crippen LogP contribution in [0.1, 0.15) is 60.4 Å². The van der Waals surface area contributed by atoms with Crippen LogP contribution in [-0.4, -0.2) is 30.7 Å². The van der Waals surface area contributed by atoms with Crippen LogP contribution in [0.4, 0.5) is 0 Å². The van der Waals surface area contributed by atoms with Gasteiger partial charge >= 0.3 is 0 Å². The Balaban J connectivity index is 1.63. The summed E-state index contributed by atoms with van der Waals surface area (Å²) >= 11 is 5.87. The van der Waals surface area contributed by atoms with Crippen molar-refractivity contribution in [2.75, 3.05) is 0 Å². The van der Waals surface area contributed by atoms with E-state index in [-0.39, 0.29) is 17.8 Å². The van der Waals surface area contributed by atoms with Gasteiger partial charge in [-0.3, -0.25) is 4.98 Å². The summed E-state index contributed by atoms with van der Waals surface area (Å²) in [5.74, 6) is 0.277. The average molecular weight is 433 g/mol. The Kier molecular flexibility index (Phi) is 5.18. The number of aromatic hydroxyl groups is 1. The first kappa shape index (κ1) is 20.1. The molecule has 1 aromatic carbocycles. The fourth-order valence-corrected chi connectivity index (χ4v) is 5.75. The maximum Gasteiger partial charge on any atom is 0.170 e. The van der Waals surface area contributed by atoms with Crippen LogP contribution in [0.3, 0.4) is 0 Å². The number of nitrogens with zero attached hydrogens (tertiary/aromatic N) is 3. The molecule has 2 N–H and O–H groups in total. The third kappa shape index (κ3) is 3.49. The molecular formula is C25H28N4OS. The van der Waals surface area contributed by atoms with Crippen molar-refractivity contribution in [3.63, 3.8) is 0 Å². The second-order valence-electron chi connectivity index (χ2n) is 8.65. The Hall–Kier alpha value is -2.86. The molecular weight excluding hydrogens is 404 g/mol. The molecule has 5 nitrogen and oxygen atoms in total. The Morgan fingerprint density at radius 2 is 1.81 bits per heavy atom. The molecule has 0 unspecified atom stereocenters. The van der Waals surface area contributed by atoms with Gasteiger partial charge in [-0.25, -0.2) is 0 Å². The number of thiocarbonyl (C=S) groups is 1. The largest absolute Gasteiger partial charge is 0.508 e. The third-order valence-electron chi connectivity index (χ3n) is 6.75. The van der Waals surface area contributed by atoms with Crippen LogP contribution in [-0.2, 0) is 0 Å². The standard InChI is InChI=1S/C25H28N4OS/c1-16-15-21(17(2)28(16)19-10-12-20(30)13-11-19)24-23(22-9-5-6-14-26-22)27-25(31)29(24)18-7-3-4-8-18/h5-6,9-15,18,23-24,30H,3-4,7-8H2,1-2H3,(H,27,31)/t23-,24-/m0/s1. The van der Waals surface area contributed by atoms with Gasteiger partial charge in [-0.15, -0.1) is 0 Å². The van der Waals surface area contributed by atoms with Crippen molar-refractivity contribution in [3.05, 3.63) is 77.4 Å². The van der Waals surface area contributed by atoms with E-state index in [0.29, 0.717) is 6.04 Å². The highest BCUT2D eigenvalue weighted by Crippen LogP contribution is 2.44. The van der Waals surface area contributed by atoms with Gasteiger partial charge in [0.15, 0.2) is 5.11 Å². The number of hydrogen-bond acceptors (Lipinski definition) is 3. The van der Waals surface area contributed by atoms with Gasteiger partial charge in [0.25, 0.3) is 0 Å². The number of pyridine rings is 1. The molecule has 1 saturated carbocycles. The highest BCUT2D eigenvalue weighted by atomic mass is 32.1. The quantitative estimate of drug-likeness (QED) is 0.561. The second-order valence-corrected chi connectivity index (χ2v) is 9.04. The molecule has 0 radical (unpaired) electrons. The molecule has 0 bridgehead atoms. The van der Waals surface area contributed by atoms with Crippen molar-refractivity contribution in [2.24, 2.45) is 0 Å². The molecule has 31 heavy (non-hydrogen) atoms. The molecule has 3 aromatic rings. The van der Waals surface area contributed by atoms with Crippen LogP contribution in [0.25, 0.3) is 5.69 Å². The van der Waals surface area contributed by atoms with Crippen LogP contribution in [0.2, 0.25) is 0 Å². The minimum Gasteiger partial charge on any atom is -0.508 e. The monoisotopic (exact) mass is 432 g/mol. The summed E-state index contributed by atoms with van der Waals surface area (Å²) in [6.07, 6.45) is 6.75. The summed E-state index contributed by atoms with van der Waals surface area (Å²) in [4.78, 5) is 7.12. The van der Waals surface area contributed by atoms with Crippen LogP contribution < -0.4 is 5.32 Å². The maximum atomic E-state index is 9.72. The second kappa shape index (κ2) is 8.00. The number of nitrogens with one attached hydrogen (secondary N) is 1. The summed E-state index contributed by atoms with van der Waals surface area (Å²) < 4.78 is 2.26. The van der Waals surface area contributed by atoms with E-state index in [1.54, 1.807) is 12.1 Å². The lowest BCUT2D eigenvalue weighted by molar-refractivity contribution is 0.245. The Morgan fingerprint density at radius 3 is 2.48 bits per heavy atom. The number of phenolic OH excluding ortho intramolecular Hbond substituents is 1. The van der Waals surface area contributed by atoms with Crippen LogP contribution in [0.15, 0.2) is 54.7 Å². The third-order valence-corrected chi connectivity index (χ3v) is 7.08. The van der Waals surface area contributed by atoms with Gasteiger partial charge < -0.3 is 19.9 Å². The molecule has 2 aliphatic rings. The zero-order chi connectivity index (χ0) is 21.5. The van der Waals surface area contributed by atoms with Crippen molar-refractivity contribution in [1.29, 1.82) is 0 Å². The van der Waals surface area contributed by atoms with Gasteiger partial charge in [0.05, 0.1) is 17.8 Å². The van der Waals surface area contributed by atoms with Crippen molar-refractivity contribution in [3.8, 4) is 11.4 Å². The first-order valence-corrected chi connectivity index (χ1v) is 11.4. The molecule has 1 aliphatic carbocycles. The molecule has 2 atom stereocenters. The molecule has 1 aliphatic heterocycles. The smallest absolute Gasteiger partial charge is 0.170 e. The summed E-state index contributed by atoms with van der Waals surface area (Å²) in [5.41, 5.74) is 5.71. The molecule has 160 valence electrons. The van der Waals surface area contributed by atoms with Crippen molar-refractivity contribution >= 4 is 17.3 Å². The van der Waals surface area contributed by atoms with Crippen LogP contribution in [0.5, 0.6) is 5.75 Å². The SMILES string of the molecule is Cc1cc([C@H]2[C@H](c3ccccn3)NC(=S)N2C2CCCC2)c(C)n1-c1ccc(O)cc1. The van der Waals surface area contributed by atoms with Crippen molar-refractivity contribution in [1.82, 2.24) is 19.8 Å². The van der Waals surface area contributed by atoms with E-state index in [2.05, 4.69) is 45.7 Å². The Morgan fingerprint density at radius 1 is 1.06 bits per heavy atom. The van der Waals surface area contributed by atoms with Gasteiger partial charge in [-0.2, -0.15) is 0 Å². The Bertz CT molecular complexity index is 1090. The van der Waals surface area contributed by atoms with E-state index in [1.807, 2.05) is 30.5 Å². The topological polar surface area (TPSA) is 53.3 Å². The van der Waals surface area contributed by atoms with Gasteiger partial charge in [-0.05, 0) is 86.9 Å². The summed E-state index contributed by atoms with van der Waals surface area (Å²) in [6, 6.07) is 16.4. The minimum atomic E-state index is 0.0167. The van der Waals surface area contributed by atoms with E-state index in [0.717, 1.165) is 16.5 Å². The van der Waals surface area contributed by atoms with Gasteiger partial charge in [-0.1, -0.05) is 18.9 Å². The fourth-order valence-electron chi connectivity index (χ4n) is 5.36. The number of hydrogen-bond donors (Lipinski definition) is 2. The Labute approximate surface area is 188 Å². The van der Waals surface area contributed by atoms with E-state index < -0.39 is 0 Å². The predicted octanol–water partition coefficient (Wildman–Crippen LogP) is 5.11. The van der Waals surface area contributed by atoms with Gasteiger partial charge in [0.1, 0.15) is 5.75 Å². The summed E-state index contributed by atoms with van der Waals surface area (Å²) in [6.45, 7) is 4.32.